The van der Waals surface area contributed by atoms with Crippen LogP contribution in [0.15, 0.2) is 24.3 Å². The molecule has 114 valence electrons. The van der Waals surface area contributed by atoms with Crippen molar-refractivity contribution in [2.45, 2.75) is 58.7 Å². The fourth-order valence-electron chi connectivity index (χ4n) is 2.15. The monoisotopic (exact) mass is 289 g/mol. The molecular formula is C16H24BNO3. The molecule has 21 heavy (non-hydrogen) atoms. The van der Waals surface area contributed by atoms with E-state index in [9.17, 15) is 4.79 Å². The third-order valence-corrected chi connectivity index (χ3v) is 4.20. The van der Waals surface area contributed by atoms with Crippen LogP contribution in [0.2, 0.25) is 0 Å². The number of rotatable bonds is 4. The van der Waals surface area contributed by atoms with Gasteiger partial charge in [0.1, 0.15) is 0 Å². The number of carbonyl (C=O) groups is 1. The van der Waals surface area contributed by atoms with Crippen molar-refractivity contribution in [3.8, 4) is 0 Å². The quantitative estimate of drug-likeness (QED) is 0.867. The summed E-state index contributed by atoms with van der Waals surface area (Å²) in [6.07, 6.45) is 1.39. The van der Waals surface area contributed by atoms with Gasteiger partial charge in [-0.05, 0) is 51.7 Å². The second-order valence-corrected chi connectivity index (χ2v) is 6.51. The van der Waals surface area contributed by atoms with Crippen LogP contribution in [0.5, 0.6) is 0 Å². The number of hydrogen-bond donors (Lipinski definition) is 1. The lowest BCUT2D eigenvalue weighted by atomic mass is 9.79. The summed E-state index contributed by atoms with van der Waals surface area (Å²) in [6, 6.07) is 7.63. The predicted octanol–water partition coefficient (Wildman–Crippen LogP) is 2.72. The minimum atomic E-state index is -0.365. The lowest BCUT2D eigenvalue weighted by molar-refractivity contribution is -0.116. The third kappa shape index (κ3) is 3.47. The van der Waals surface area contributed by atoms with E-state index in [-0.39, 0.29) is 24.2 Å². The second kappa shape index (κ2) is 5.81. The fraction of sp³-hybridized carbons (Fsp3) is 0.562. The summed E-state index contributed by atoms with van der Waals surface area (Å²) in [4.78, 5) is 11.6. The maximum Gasteiger partial charge on any atom is 0.494 e. The Labute approximate surface area is 127 Å². The van der Waals surface area contributed by atoms with Gasteiger partial charge in [0, 0.05) is 12.1 Å². The van der Waals surface area contributed by atoms with Crippen molar-refractivity contribution in [3.05, 3.63) is 24.3 Å². The molecular weight excluding hydrogens is 265 g/mol. The molecule has 0 aliphatic carbocycles. The smallest absolute Gasteiger partial charge is 0.399 e. The number of carbonyl (C=O) groups excluding carboxylic acids is 1. The van der Waals surface area contributed by atoms with Gasteiger partial charge >= 0.3 is 7.12 Å². The van der Waals surface area contributed by atoms with Crippen LogP contribution in [0.1, 0.15) is 47.5 Å². The van der Waals surface area contributed by atoms with Gasteiger partial charge in [0.05, 0.1) is 11.2 Å². The Morgan fingerprint density at radius 1 is 1.10 bits per heavy atom. The molecule has 1 aliphatic heterocycles. The number of nitrogens with one attached hydrogen (secondary N) is 1. The molecule has 0 spiro atoms. The largest absolute Gasteiger partial charge is 0.494 e. The van der Waals surface area contributed by atoms with E-state index in [0.29, 0.717) is 6.42 Å². The minimum absolute atomic E-state index is 0.0425. The summed E-state index contributed by atoms with van der Waals surface area (Å²) in [5.41, 5.74) is 1.08. The Bertz CT molecular complexity index is 495. The molecule has 1 aliphatic rings. The van der Waals surface area contributed by atoms with E-state index < -0.39 is 0 Å². The first-order valence-electron chi connectivity index (χ1n) is 7.50. The van der Waals surface area contributed by atoms with Crippen LogP contribution in [0, 0.1) is 0 Å². The van der Waals surface area contributed by atoms with Crippen molar-refractivity contribution >= 4 is 24.2 Å². The zero-order valence-electron chi connectivity index (χ0n) is 13.5. The van der Waals surface area contributed by atoms with Crippen molar-refractivity contribution in [1.82, 2.24) is 0 Å². The SMILES string of the molecule is CCCC(=O)Nc1ccc(B2OC(C)(C)C(C)(C)O2)cc1. The molecule has 1 aromatic rings. The summed E-state index contributed by atoms with van der Waals surface area (Å²) in [5.74, 6) is 0.0425. The van der Waals surface area contributed by atoms with E-state index in [4.69, 9.17) is 9.31 Å². The molecule has 1 fully saturated rings. The first kappa shape index (κ1) is 16.1. The molecule has 4 nitrogen and oxygen atoms in total. The van der Waals surface area contributed by atoms with Crippen molar-refractivity contribution in [2.75, 3.05) is 5.32 Å². The standard InChI is InChI=1S/C16H24BNO3/c1-6-7-14(19)18-13-10-8-12(9-11-13)17-20-15(2,3)16(4,5)21-17/h8-11H,6-7H2,1-5H3,(H,18,19). The van der Waals surface area contributed by atoms with Gasteiger partial charge in [-0.15, -0.1) is 0 Å². The summed E-state index contributed by atoms with van der Waals surface area (Å²) >= 11 is 0. The van der Waals surface area contributed by atoms with Crippen LogP contribution in [0.3, 0.4) is 0 Å². The molecule has 1 saturated heterocycles. The molecule has 5 heteroatoms. The van der Waals surface area contributed by atoms with Crippen LogP contribution in [0.25, 0.3) is 0 Å². The van der Waals surface area contributed by atoms with Crippen LogP contribution < -0.4 is 10.8 Å². The lowest BCUT2D eigenvalue weighted by Crippen LogP contribution is -2.41. The number of amides is 1. The van der Waals surface area contributed by atoms with Gasteiger partial charge in [0.2, 0.25) is 5.91 Å². The Morgan fingerprint density at radius 3 is 2.10 bits per heavy atom. The topological polar surface area (TPSA) is 47.6 Å². The predicted molar refractivity (Wildman–Crippen MR) is 85.7 cm³/mol. The Morgan fingerprint density at radius 2 is 1.62 bits per heavy atom. The van der Waals surface area contributed by atoms with Crippen LogP contribution in [-0.4, -0.2) is 24.2 Å². The lowest BCUT2D eigenvalue weighted by Gasteiger charge is -2.32. The molecule has 0 atom stereocenters. The average molecular weight is 289 g/mol. The first-order chi connectivity index (χ1) is 9.75. The minimum Gasteiger partial charge on any atom is -0.399 e. The summed E-state index contributed by atoms with van der Waals surface area (Å²) in [7, 11) is -0.365. The number of hydrogen-bond acceptors (Lipinski definition) is 3. The third-order valence-electron chi connectivity index (χ3n) is 4.20. The van der Waals surface area contributed by atoms with Crippen LogP contribution >= 0.6 is 0 Å². The first-order valence-corrected chi connectivity index (χ1v) is 7.50. The average Bonchev–Trinajstić information content (AvgIpc) is 2.59. The zero-order valence-corrected chi connectivity index (χ0v) is 13.5. The maximum absolute atomic E-state index is 11.6. The van der Waals surface area contributed by atoms with Crippen LogP contribution in [-0.2, 0) is 14.1 Å². The van der Waals surface area contributed by atoms with Gasteiger partial charge < -0.3 is 14.6 Å². The molecule has 0 saturated carbocycles. The van der Waals surface area contributed by atoms with Crippen LogP contribution in [0.4, 0.5) is 5.69 Å². The van der Waals surface area contributed by atoms with E-state index in [1.54, 1.807) is 0 Å². The Kier molecular flexibility index (Phi) is 4.44. The highest BCUT2D eigenvalue weighted by atomic mass is 16.7. The molecule has 0 bridgehead atoms. The van der Waals surface area contributed by atoms with Crippen molar-refractivity contribution in [1.29, 1.82) is 0 Å². The van der Waals surface area contributed by atoms with Gasteiger partial charge in [0.25, 0.3) is 0 Å². The van der Waals surface area contributed by atoms with Gasteiger partial charge in [0.15, 0.2) is 0 Å². The summed E-state index contributed by atoms with van der Waals surface area (Å²) < 4.78 is 12.0. The molecule has 0 radical (unpaired) electrons. The van der Waals surface area contributed by atoms with Gasteiger partial charge in [-0.1, -0.05) is 19.1 Å². The maximum atomic E-state index is 11.6. The molecule has 1 amide bonds. The molecule has 1 heterocycles. The molecule has 1 aromatic carbocycles. The van der Waals surface area contributed by atoms with Gasteiger partial charge in [-0.2, -0.15) is 0 Å². The van der Waals surface area contributed by atoms with E-state index in [1.165, 1.54) is 0 Å². The fourth-order valence-corrected chi connectivity index (χ4v) is 2.15. The second-order valence-electron chi connectivity index (χ2n) is 6.51. The molecule has 0 aromatic heterocycles. The van der Waals surface area contributed by atoms with Gasteiger partial charge in [-0.3, -0.25) is 4.79 Å². The number of anilines is 1. The molecule has 1 N–H and O–H groups in total. The van der Waals surface area contributed by atoms with Crippen molar-refractivity contribution in [2.24, 2.45) is 0 Å². The highest BCUT2D eigenvalue weighted by Crippen LogP contribution is 2.36. The normalized spacial score (nSPS) is 19.6. The highest BCUT2D eigenvalue weighted by molar-refractivity contribution is 6.62. The van der Waals surface area contributed by atoms with Crippen molar-refractivity contribution < 1.29 is 14.1 Å². The highest BCUT2D eigenvalue weighted by Gasteiger charge is 2.51. The molecule has 0 unspecified atom stereocenters. The summed E-state index contributed by atoms with van der Waals surface area (Å²) in [5, 5.41) is 2.87. The number of benzene rings is 1. The zero-order chi connectivity index (χ0) is 15.7. The van der Waals surface area contributed by atoms with E-state index in [1.807, 2.05) is 58.9 Å². The van der Waals surface area contributed by atoms with Gasteiger partial charge in [-0.25, -0.2) is 0 Å². The summed E-state index contributed by atoms with van der Waals surface area (Å²) in [6.45, 7) is 10.1. The molecule has 2 rings (SSSR count). The van der Waals surface area contributed by atoms with E-state index in [0.717, 1.165) is 17.6 Å². The van der Waals surface area contributed by atoms with E-state index in [2.05, 4.69) is 5.32 Å². The Hall–Kier alpha value is -1.33. The van der Waals surface area contributed by atoms with Crippen molar-refractivity contribution in [3.63, 3.8) is 0 Å². The Balaban J connectivity index is 2.05. The van der Waals surface area contributed by atoms with E-state index >= 15 is 0 Å².